The van der Waals surface area contributed by atoms with Crippen LogP contribution >= 0.6 is 11.3 Å². The second-order valence-electron chi connectivity index (χ2n) is 15.9. The van der Waals surface area contributed by atoms with Crippen molar-refractivity contribution in [2.75, 3.05) is 0 Å². The number of hydrogen-bond acceptors (Lipinski definition) is 9. The predicted molar refractivity (Wildman–Crippen MR) is 262 cm³/mol. The van der Waals surface area contributed by atoms with Crippen LogP contribution in [-0.4, -0.2) is 64.2 Å². The van der Waals surface area contributed by atoms with Gasteiger partial charge in [0.15, 0.2) is 0 Å². The summed E-state index contributed by atoms with van der Waals surface area (Å²) in [4.78, 5) is 50.7. The van der Waals surface area contributed by atoms with Crippen LogP contribution < -0.4 is 0 Å². The molecule has 14 rings (SSSR count). The molecular weight excluding hydrogens is 839 g/mol. The molecular formula is C52H33N13S. The van der Waals surface area contributed by atoms with Gasteiger partial charge >= 0.3 is 0 Å². The summed E-state index contributed by atoms with van der Waals surface area (Å²) < 4.78 is 3.15. The Kier molecular flexibility index (Phi) is 8.67. The van der Waals surface area contributed by atoms with E-state index in [4.69, 9.17) is 19.9 Å². The monoisotopic (exact) mass is 871 g/mol. The Labute approximate surface area is 378 Å². The zero-order chi connectivity index (χ0) is 43.6. The third kappa shape index (κ3) is 6.81. The van der Waals surface area contributed by atoms with Crippen molar-refractivity contribution in [1.82, 2.24) is 64.2 Å². The normalized spacial score (nSPS) is 11.6. The Morgan fingerprint density at radius 2 is 0.939 bits per heavy atom. The Hall–Kier alpha value is -9.14. The van der Waals surface area contributed by atoms with Crippen LogP contribution in [0.3, 0.4) is 0 Å². The van der Waals surface area contributed by atoms with E-state index in [9.17, 15) is 0 Å². The van der Waals surface area contributed by atoms with Gasteiger partial charge in [0, 0.05) is 72.5 Å². The second-order valence-corrected chi connectivity index (χ2v) is 17.0. The number of rotatable bonds is 6. The molecule has 0 unspecified atom stereocenters. The van der Waals surface area contributed by atoms with Crippen molar-refractivity contribution in [2.24, 2.45) is 0 Å². The molecule has 0 saturated heterocycles. The minimum absolute atomic E-state index is 0.818. The van der Waals surface area contributed by atoms with Crippen LogP contribution in [0, 0.1) is 0 Å². The topological polar surface area (TPSA) is 171 Å². The molecule has 0 radical (unpaired) electrons. The molecule has 10 aromatic heterocycles. The minimum atomic E-state index is 0.818. The first kappa shape index (κ1) is 37.4. The molecule has 0 aliphatic rings. The van der Waals surface area contributed by atoms with E-state index in [-0.39, 0.29) is 0 Å². The Balaban J connectivity index is 0.000000132. The van der Waals surface area contributed by atoms with Crippen LogP contribution in [0.2, 0.25) is 0 Å². The van der Waals surface area contributed by atoms with Crippen molar-refractivity contribution in [3.8, 4) is 67.1 Å². The van der Waals surface area contributed by atoms with Gasteiger partial charge in [-0.1, -0.05) is 24.3 Å². The molecule has 0 bridgehead atoms. The fourth-order valence-corrected chi connectivity index (χ4v) is 9.33. The fraction of sp³-hybridized carbons (Fsp3) is 0. The molecule has 4 aromatic carbocycles. The highest BCUT2D eigenvalue weighted by Gasteiger charge is 2.14. The van der Waals surface area contributed by atoms with Crippen LogP contribution in [0.1, 0.15) is 0 Å². The summed E-state index contributed by atoms with van der Waals surface area (Å²) in [5, 5.41) is 1.19. The molecule has 10 heterocycles. The molecule has 0 atom stereocenters. The number of aromatic nitrogens is 13. The van der Waals surface area contributed by atoms with Crippen LogP contribution in [0.5, 0.6) is 0 Å². The summed E-state index contributed by atoms with van der Waals surface area (Å²) >= 11 is 1.70. The molecule has 14 aromatic rings. The fourth-order valence-electron chi connectivity index (χ4n) is 8.36. The van der Waals surface area contributed by atoms with E-state index in [2.05, 4.69) is 113 Å². The number of imidazole rings is 5. The summed E-state index contributed by atoms with van der Waals surface area (Å²) in [5.74, 6) is 3.38. The first-order valence-electron chi connectivity index (χ1n) is 21.2. The zero-order valence-corrected chi connectivity index (χ0v) is 35.5. The van der Waals surface area contributed by atoms with Crippen LogP contribution in [0.4, 0.5) is 0 Å². The third-order valence-corrected chi connectivity index (χ3v) is 12.8. The van der Waals surface area contributed by atoms with E-state index in [1.54, 1.807) is 36.1 Å². The van der Waals surface area contributed by atoms with E-state index in [0.717, 1.165) is 122 Å². The summed E-state index contributed by atoms with van der Waals surface area (Å²) in [6.45, 7) is 0. The van der Waals surface area contributed by atoms with Crippen molar-refractivity contribution < 1.29 is 0 Å². The third-order valence-electron chi connectivity index (χ3n) is 11.7. The van der Waals surface area contributed by atoms with Crippen molar-refractivity contribution in [3.05, 3.63) is 177 Å². The molecule has 0 aliphatic heterocycles. The smallest absolute Gasteiger partial charge is 0.148 e. The number of nitrogens with one attached hydrogen (secondary N) is 4. The van der Waals surface area contributed by atoms with E-state index in [0.29, 0.717) is 0 Å². The van der Waals surface area contributed by atoms with Crippen molar-refractivity contribution >= 4 is 71.2 Å². The average molecular weight is 872 g/mol. The number of H-pyrrole nitrogens is 4. The molecule has 0 saturated carbocycles. The lowest BCUT2D eigenvalue weighted by atomic mass is 10.0. The van der Waals surface area contributed by atoms with E-state index >= 15 is 0 Å². The van der Waals surface area contributed by atoms with Gasteiger partial charge in [-0.05, 0) is 125 Å². The number of hydrogen-bond donors (Lipinski definition) is 4. The Bertz CT molecular complexity index is 3860. The largest absolute Gasteiger partial charge is 0.338 e. The van der Waals surface area contributed by atoms with Gasteiger partial charge in [-0.2, -0.15) is 0 Å². The summed E-state index contributed by atoms with van der Waals surface area (Å²) in [5.41, 5.74) is 16.1. The molecule has 0 fully saturated rings. The highest BCUT2D eigenvalue weighted by molar-refractivity contribution is 7.22. The van der Waals surface area contributed by atoms with Crippen molar-refractivity contribution in [3.63, 3.8) is 0 Å². The predicted octanol–water partition coefficient (Wildman–Crippen LogP) is 11.9. The number of fused-ring (bicyclic) bond motifs is 6. The first-order chi connectivity index (χ1) is 32.6. The van der Waals surface area contributed by atoms with Crippen LogP contribution in [0.15, 0.2) is 177 Å². The lowest BCUT2D eigenvalue weighted by molar-refractivity contribution is 1.17. The highest BCUT2D eigenvalue weighted by atomic mass is 32.1. The zero-order valence-electron chi connectivity index (χ0n) is 34.7. The lowest BCUT2D eigenvalue weighted by Gasteiger charge is -2.01. The van der Waals surface area contributed by atoms with Gasteiger partial charge in [-0.25, -0.2) is 24.9 Å². The molecule has 14 heteroatoms. The van der Waals surface area contributed by atoms with Gasteiger partial charge in [0.2, 0.25) is 0 Å². The SMILES string of the molecule is c1cc(-c2nc3ccc(-c4ccc5nc(-c6cc7ccncc7s6)[nH]c5c4)cc3[nH]2)ccn1.c1cncc(-c2nc3ccc(-c4ccc5nc(-c6ccc7nccn7c6)[nH]c5c4)cc3[nH]2)c1. The number of nitrogens with zero attached hydrogens (tertiary/aromatic N) is 9. The second kappa shape index (κ2) is 15.3. The summed E-state index contributed by atoms with van der Waals surface area (Å²) in [7, 11) is 0. The molecule has 13 nitrogen and oxygen atoms in total. The maximum absolute atomic E-state index is 4.81. The number of aromatic amines is 4. The summed E-state index contributed by atoms with van der Waals surface area (Å²) in [6.07, 6.45) is 16.6. The Morgan fingerprint density at radius 3 is 1.53 bits per heavy atom. The maximum atomic E-state index is 4.81. The average Bonchev–Trinajstić information content (AvgIpc) is 4.24. The van der Waals surface area contributed by atoms with Crippen molar-refractivity contribution in [1.29, 1.82) is 0 Å². The quantitative estimate of drug-likeness (QED) is 0.128. The van der Waals surface area contributed by atoms with Gasteiger partial charge in [0.05, 0.1) is 53.7 Å². The molecule has 4 N–H and O–H groups in total. The number of pyridine rings is 4. The lowest BCUT2D eigenvalue weighted by Crippen LogP contribution is -1.86. The Morgan fingerprint density at radius 1 is 0.409 bits per heavy atom. The molecule has 66 heavy (non-hydrogen) atoms. The molecule has 0 amide bonds. The first-order valence-corrected chi connectivity index (χ1v) is 22.0. The number of thiophene rings is 1. The highest BCUT2D eigenvalue weighted by Crippen LogP contribution is 2.35. The summed E-state index contributed by atoms with van der Waals surface area (Å²) in [6, 6.07) is 41.3. The van der Waals surface area contributed by atoms with Gasteiger partial charge in [-0.3, -0.25) is 15.0 Å². The van der Waals surface area contributed by atoms with E-state index < -0.39 is 0 Å². The molecule has 0 spiro atoms. The number of benzene rings is 4. The van der Waals surface area contributed by atoms with Gasteiger partial charge < -0.3 is 24.3 Å². The van der Waals surface area contributed by atoms with E-state index in [1.165, 1.54) is 5.39 Å². The molecule has 312 valence electrons. The molecule has 0 aliphatic carbocycles. The maximum Gasteiger partial charge on any atom is 0.148 e. The van der Waals surface area contributed by atoms with Crippen LogP contribution in [0.25, 0.3) is 127 Å². The van der Waals surface area contributed by atoms with Gasteiger partial charge in [-0.15, -0.1) is 11.3 Å². The van der Waals surface area contributed by atoms with Gasteiger partial charge in [0.25, 0.3) is 0 Å². The minimum Gasteiger partial charge on any atom is -0.338 e. The van der Waals surface area contributed by atoms with E-state index in [1.807, 2.05) is 83.9 Å². The van der Waals surface area contributed by atoms with Crippen molar-refractivity contribution in [2.45, 2.75) is 0 Å². The standard InChI is InChI=1S/C26H17N7.C26H16N6S/c1-2-18(14-27-9-1)25-29-20-6-3-16(12-22(20)31-25)17-4-7-21-23(13-17)32-26(30-21)19-5-8-24-28-10-11-33(24)15-19;1-3-19-21(31-25(29-19)15-5-8-27-9-6-15)11-16(1)17-2-4-20-22(12-17)32-26(30-20)23-13-18-7-10-28-14-24(18)33-23/h1-15H,(H,29,31)(H,30,32);1-14H,(H,29,31)(H,30,32). The van der Waals surface area contributed by atoms with Gasteiger partial charge in [0.1, 0.15) is 28.9 Å². The van der Waals surface area contributed by atoms with Crippen LogP contribution in [-0.2, 0) is 0 Å².